The van der Waals surface area contributed by atoms with Crippen LogP contribution < -0.4 is 10.6 Å². The summed E-state index contributed by atoms with van der Waals surface area (Å²) in [6, 6.07) is 1.31. The Hall–Kier alpha value is -0.880. The third kappa shape index (κ3) is 2.87. The molecular weight excluding hydrogens is 289 g/mol. The highest BCUT2D eigenvalue weighted by atomic mass is 79.9. The minimum Gasteiger partial charge on any atom is -0.354 e. The molecule has 0 saturated carbocycles. The maximum absolute atomic E-state index is 13.5. The number of aryl methyl sites for hydroxylation is 1. The van der Waals surface area contributed by atoms with Crippen LogP contribution in [0, 0.1) is 6.92 Å². The highest BCUT2D eigenvalue weighted by molar-refractivity contribution is 9.10. The van der Waals surface area contributed by atoms with Gasteiger partial charge in [-0.2, -0.15) is 0 Å². The molecule has 2 rings (SSSR count). The molecule has 1 aliphatic rings. The zero-order chi connectivity index (χ0) is 12.4. The highest BCUT2D eigenvalue weighted by Gasteiger charge is 2.26. The van der Waals surface area contributed by atoms with Gasteiger partial charge in [0.1, 0.15) is 11.9 Å². The lowest BCUT2D eigenvalue weighted by atomic mass is 10.0. The van der Waals surface area contributed by atoms with Crippen LogP contribution in [0.4, 0.5) is 4.39 Å². The van der Waals surface area contributed by atoms with Crippen molar-refractivity contribution in [2.45, 2.75) is 25.6 Å². The summed E-state index contributed by atoms with van der Waals surface area (Å²) in [7, 11) is 0. The fraction of sp³-hybridized carbons (Fsp3) is 0.545. The number of halogens is 2. The number of aromatic amines is 1. The van der Waals surface area contributed by atoms with Crippen LogP contribution in [0.5, 0.6) is 0 Å². The SMILES string of the molecule is Cc1[nH]c(C(=O)N[C@@H]2CCNC[C@H]2F)cc1Br. The molecule has 3 N–H and O–H groups in total. The van der Waals surface area contributed by atoms with Crippen molar-refractivity contribution in [1.29, 1.82) is 0 Å². The normalized spacial score (nSPS) is 24.6. The Morgan fingerprint density at radius 1 is 1.65 bits per heavy atom. The van der Waals surface area contributed by atoms with Crippen molar-refractivity contribution < 1.29 is 9.18 Å². The molecule has 1 fully saturated rings. The van der Waals surface area contributed by atoms with Gasteiger partial charge >= 0.3 is 0 Å². The number of piperidine rings is 1. The van der Waals surface area contributed by atoms with Crippen LogP contribution in [0.2, 0.25) is 0 Å². The van der Waals surface area contributed by atoms with Gasteiger partial charge in [-0.05, 0) is 41.9 Å². The molecule has 1 aromatic heterocycles. The number of aromatic nitrogens is 1. The number of carbonyl (C=O) groups excluding carboxylic acids is 1. The van der Waals surface area contributed by atoms with Crippen molar-refractivity contribution in [3.63, 3.8) is 0 Å². The van der Waals surface area contributed by atoms with E-state index < -0.39 is 12.2 Å². The van der Waals surface area contributed by atoms with Crippen LogP contribution in [-0.4, -0.2) is 36.2 Å². The summed E-state index contributed by atoms with van der Waals surface area (Å²) in [5.74, 6) is -0.256. The van der Waals surface area contributed by atoms with Crippen molar-refractivity contribution in [2.75, 3.05) is 13.1 Å². The molecule has 0 radical (unpaired) electrons. The molecule has 1 saturated heterocycles. The van der Waals surface area contributed by atoms with Gasteiger partial charge < -0.3 is 15.6 Å². The number of hydrogen-bond donors (Lipinski definition) is 3. The Kier molecular flexibility index (Phi) is 3.83. The Labute approximate surface area is 107 Å². The second kappa shape index (κ2) is 5.18. The first-order chi connectivity index (χ1) is 8.08. The van der Waals surface area contributed by atoms with Gasteiger partial charge in [-0.3, -0.25) is 4.79 Å². The second-order valence-corrected chi connectivity index (χ2v) is 5.10. The molecule has 0 bridgehead atoms. The van der Waals surface area contributed by atoms with Gasteiger partial charge in [-0.15, -0.1) is 0 Å². The molecule has 1 aromatic rings. The maximum Gasteiger partial charge on any atom is 0.268 e. The molecule has 0 aliphatic carbocycles. The minimum atomic E-state index is -1.02. The van der Waals surface area contributed by atoms with Gasteiger partial charge in [-0.1, -0.05) is 0 Å². The molecule has 0 spiro atoms. The first kappa shape index (κ1) is 12.6. The van der Waals surface area contributed by atoms with Crippen LogP contribution >= 0.6 is 15.9 Å². The van der Waals surface area contributed by atoms with Gasteiger partial charge in [0.2, 0.25) is 0 Å². The summed E-state index contributed by atoms with van der Waals surface area (Å²) in [5, 5.41) is 5.67. The summed E-state index contributed by atoms with van der Waals surface area (Å²) in [4.78, 5) is 14.8. The van der Waals surface area contributed by atoms with Crippen molar-refractivity contribution >= 4 is 21.8 Å². The number of alkyl halides is 1. The van der Waals surface area contributed by atoms with Crippen LogP contribution in [0.15, 0.2) is 10.5 Å². The largest absolute Gasteiger partial charge is 0.354 e. The van der Waals surface area contributed by atoms with E-state index >= 15 is 0 Å². The lowest BCUT2D eigenvalue weighted by molar-refractivity contribution is 0.0887. The Morgan fingerprint density at radius 2 is 2.41 bits per heavy atom. The first-order valence-corrected chi connectivity index (χ1v) is 6.38. The molecule has 0 unspecified atom stereocenters. The highest BCUT2D eigenvalue weighted by Crippen LogP contribution is 2.17. The smallest absolute Gasteiger partial charge is 0.268 e. The summed E-state index contributed by atoms with van der Waals surface area (Å²) in [5.41, 5.74) is 1.34. The summed E-state index contributed by atoms with van der Waals surface area (Å²) in [6.07, 6.45) is -0.402. The summed E-state index contributed by atoms with van der Waals surface area (Å²) in [6.45, 7) is 2.90. The van der Waals surface area contributed by atoms with Crippen molar-refractivity contribution in [1.82, 2.24) is 15.6 Å². The van der Waals surface area contributed by atoms with E-state index in [2.05, 4.69) is 31.5 Å². The molecule has 17 heavy (non-hydrogen) atoms. The molecule has 1 amide bonds. The van der Waals surface area contributed by atoms with Crippen LogP contribution in [-0.2, 0) is 0 Å². The zero-order valence-electron chi connectivity index (χ0n) is 9.52. The zero-order valence-corrected chi connectivity index (χ0v) is 11.1. The Bertz CT molecular complexity index is 401. The lowest BCUT2D eigenvalue weighted by Gasteiger charge is -2.27. The molecule has 2 atom stereocenters. The van der Waals surface area contributed by atoms with E-state index in [0.717, 1.165) is 16.7 Å². The topological polar surface area (TPSA) is 56.9 Å². The monoisotopic (exact) mass is 303 g/mol. The predicted octanol–water partition coefficient (Wildman–Crippen LogP) is 1.52. The quantitative estimate of drug-likeness (QED) is 0.776. The third-order valence-corrected chi connectivity index (χ3v) is 3.74. The fourth-order valence-electron chi connectivity index (χ4n) is 1.88. The summed E-state index contributed by atoms with van der Waals surface area (Å²) >= 11 is 3.33. The molecule has 4 nitrogen and oxygen atoms in total. The second-order valence-electron chi connectivity index (χ2n) is 4.24. The predicted molar refractivity (Wildman–Crippen MR) is 66.9 cm³/mol. The molecule has 1 aliphatic heterocycles. The van der Waals surface area contributed by atoms with Crippen LogP contribution in [0.3, 0.4) is 0 Å². The Morgan fingerprint density at radius 3 is 3.00 bits per heavy atom. The number of amides is 1. The average molecular weight is 304 g/mol. The lowest BCUT2D eigenvalue weighted by Crippen LogP contribution is -2.50. The van der Waals surface area contributed by atoms with Gasteiger partial charge in [0.05, 0.1) is 6.04 Å². The third-order valence-electron chi connectivity index (χ3n) is 2.92. The average Bonchev–Trinajstić information content (AvgIpc) is 2.63. The van der Waals surface area contributed by atoms with E-state index in [1.54, 1.807) is 6.07 Å². The van der Waals surface area contributed by atoms with Gasteiger partial charge in [0.15, 0.2) is 0 Å². The Balaban J connectivity index is 2.01. The number of carbonyl (C=O) groups is 1. The summed E-state index contributed by atoms with van der Waals surface area (Å²) < 4.78 is 14.4. The van der Waals surface area contributed by atoms with E-state index in [1.807, 2.05) is 6.92 Å². The van der Waals surface area contributed by atoms with Gasteiger partial charge in [0.25, 0.3) is 5.91 Å². The van der Waals surface area contributed by atoms with Crippen LogP contribution in [0.25, 0.3) is 0 Å². The van der Waals surface area contributed by atoms with Crippen LogP contribution in [0.1, 0.15) is 22.6 Å². The number of H-pyrrole nitrogens is 1. The number of rotatable bonds is 2. The van der Waals surface area contributed by atoms with Crippen molar-refractivity contribution in [2.24, 2.45) is 0 Å². The fourth-order valence-corrected chi connectivity index (χ4v) is 2.21. The molecular formula is C11H15BrFN3O. The van der Waals surface area contributed by atoms with Gasteiger partial charge in [0, 0.05) is 16.7 Å². The van der Waals surface area contributed by atoms with E-state index in [-0.39, 0.29) is 5.91 Å². The number of hydrogen-bond acceptors (Lipinski definition) is 2. The van der Waals surface area contributed by atoms with E-state index in [9.17, 15) is 9.18 Å². The molecule has 94 valence electrons. The first-order valence-electron chi connectivity index (χ1n) is 5.58. The standard InChI is InChI=1S/C11H15BrFN3O/c1-6-7(12)4-10(15-6)11(17)16-9-2-3-14-5-8(9)13/h4,8-9,14-15H,2-3,5H2,1H3,(H,16,17)/t8-,9-/m1/s1. The van der Waals surface area contributed by atoms with Crippen molar-refractivity contribution in [3.05, 3.63) is 21.9 Å². The molecule has 2 heterocycles. The van der Waals surface area contributed by atoms with Gasteiger partial charge in [-0.25, -0.2) is 4.39 Å². The molecule has 6 heteroatoms. The number of nitrogens with one attached hydrogen (secondary N) is 3. The molecule has 0 aromatic carbocycles. The minimum absolute atomic E-state index is 0.256. The van der Waals surface area contributed by atoms with E-state index in [1.165, 1.54) is 0 Å². The maximum atomic E-state index is 13.5. The van der Waals surface area contributed by atoms with E-state index in [4.69, 9.17) is 0 Å². The van der Waals surface area contributed by atoms with Crippen molar-refractivity contribution in [3.8, 4) is 0 Å². The van der Waals surface area contributed by atoms with E-state index in [0.29, 0.717) is 18.7 Å².